The highest BCUT2D eigenvalue weighted by Crippen LogP contribution is 2.28. The van der Waals surface area contributed by atoms with Gasteiger partial charge in [-0.15, -0.1) is 0 Å². The molecule has 0 spiro atoms. The molecule has 2 N–H and O–H groups in total. The Bertz CT molecular complexity index is 560. The third-order valence-corrected chi connectivity index (χ3v) is 4.48. The topological polar surface area (TPSA) is 70.2 Å². The van der Waals surface area contributed by atoms with Crippen LogP contribution in [0.2, 0.25) is 0 Å². The summed E-state index contributed by atoms with van der Waals surface area (Å²) in [4.78, 5) is 23.7. The Labute approximate surface area is 131 Å². The Morgan fingerprint density at radius 3 is 3.00 bits per heavy atom. The number of aromatic nitrogens is 2. The Morgan fingerprint density at radius 2 is 2.18 bits per heavy atom. The van der Waals surface area contributed by atoms with Gasteiger partial charge in [-0.3, -0.25) is 4.79 Å². The van der Waals surface area contributed by atoms with E-state index < -0.39 is 0 Å². The van der Waals surface area contributed by atoms with Crippen molar-refractivity contribution in [2.24, 2.45) is 5.92 Å². The number of amides is 1. The molecule has 0 radical (unpaired) electrons. The lowest BCUT2D eigenvalue weighted by Gasteiger charge is -2.22. The van der Waals surface area contributed by atoms with E-state index in [0.717, 1.165) is 57.1 Å². The molecular weight excluding hydrogens is 278 g/mol. The zero-order valence-corrected chi connectivity index (χ0v) is 13.5. The van der Waals surface area contributed by atoms with Gasteiger partial charge in [0.15, 0.2) is 0 Å². The highest BCUT2D eigenvalue weighted by Gasteiger charge is 2.31. The summed E-state index contributed by atoms with van der Waals surface area (Å²) in [7, 11) is 0. The maximum absolute atomic E-state index is 12.1. The summed E-state index contributed by atoms with van der Waals surface area (Å²) in [6.07, 6.45) is 2.83. The summed E-state index contributed by atoms with van der Waals surface area (Å²) >= 11 is 0. The molecule has 120 valence electrons. The van der Waals surface area contributed by atoms with Crippen molar-refractivity contribution in [3.8, 4) is 0 Å². The molecule has 1 fully saturated rings. The molecule has 0 aliphatic carbocycles. The second-order valence-corrected chi connectivity index (χ2v) is 6.10. The minimum atomic E-state index is 0.0785. The van der Waals surface area contributed by atoms with E-state index in [2.05, 4.69) is 20.5 Å². The van der Waals surface area contributed by atoms with Gasteiger partial charge in [-0.1, -0.05) is 0 Å². The van der Waals surface area contributed by atoms with Crippen LogP contribution in [-0.2, 0) is 17.6 Å². The van der Waals surface area contributed by atoms with Crippen molar-refractivity contribution in [2.45, 2.75) is 33.1 Å². The van der Waals surface area contributed by atoms with Gasteiger partial charge in [0, 0.05) is 38.2 Å². The Morgan fingerprint density at radius 1 is 1.36 bits per heavy atom. The lowest BCUT2D eigenvalue weighted by atomic mass is 10.1. The van der Waals surface area contributed by atoms with E-state index in [1.807, 2.05) is 13.8 Å². The number of aryl methyl sites for hydroxylation is 1. The van der Waals surface area contributed by atoms with Crippen LogP contribution < -0.4 is 15.5 Å². The predicted octanol–water partition coefficient (Wildman–Crippen LogP) is 0.436. The van der Waals surface area contributed by atoms with Gasteiger partial charge in [0.1, 0.15) is 11.6 Å². The molecule has 6 heteroatoms. The van der Waals surface area contributed by atoms with Crippen LogP contribution in [0.3, 0.4) is 0 Å². The lowest BCUT2D eigenvalue weighted by molar-refractivity contribution is -0.124. The zero-order chi connectivity index (χ0) is 15.5. The predicted molar refractivity (Wildman–Crippen MR) is 86.1 cm³/mol. The molecule has 2 aliphatic rings. The summed E-state index contributed by atoms with van der Waals surface area (Å²) in [6, 6.07) is 0. The quantitative estimate of drug-likeness (QED) is 0.848. The molecule has 0 saturated carbocycles. The van der Waals surface area contributed by atoms with E-state index in [-0.39, 0.29) is 11.8 Å². The number of hydrogen-bond donors (Lipinski definition) is 2. The third-order valence-electron chi connectivity index (χ3n) is 4.48. The first-order chi connectivity index (χ1) is 10.7. The summed E-state index contributed by atoms with van der Waals surface area (Å²) in [6.45, 7) is 8.23. The molecular formula is C16H25N5O. The lowest BCUT2D eigenvalue weighted by Crippen LogP contribution is -2.33. The maximum Gasteiger partial charge on any atom is 0.224 e. The smallest absolute Gasteiger partial charge is 0.224 e. The fourth-order valence-electron chi connectivity index (χ4n) is 3.39. The second-order valence-electron chi connectivity index (χ2n) is 6.10. The summed E-state index contributed by atoms with van der Waals surface area (Å²) in [5, 5.41) is 6.36. The monoisotopic (exact) mass is 303 g/mol. The summed E-state index contributed by atoms with van der Waals surface area (Å²) in [5.74, 6) is 2.13. The highest BCUT2D eigenvalue weighted by atomic mass is 16.1. The van der Waals surface area contributed by atoms with Gasteiger partial charge in [0.25, 0.3) is 0 Å². The molecule has 3 heterocycles. The van der Waals surface area contributed by atoms with Crippen molar-refractivity contribution < 1.29 is 4.79 Å². The molecule has 1 amide bonds. The Hall–Kier alpha value is -1.69. The van der Waals surface area contributed by atoms with Gasteiger partial charge in [0.2, 0.25) is 5.91 Å². The third kappa shape index (κ3) is 3.06. The molecule has 1 aromatic heterocycles. The van der Waals surface area contributed by atoms with E-state index in [1.165, 1.54) is 11.3 Å². The first kappa shape index (κ1) is 15.2. The first-order valence-corrected chi connectivity index (χ1v) is 8.28. The second kappa shape index (κ2) is 6.60. The van der Waals surface area contributed by atoms with E-state index in [0.29, 0.717) is 6.54 Å². The van der Waals surface area contributed by atoms with Crippen LogP contribution in [0.4, 0.5) is 5.82 Å². The van der Waals surface area contributed by atoms with E-state index >= 15 is 0 Å². The van der Waals surface area contributed by atoms with Crippen LogP contribution in [0.1, 0.15) is 30.4 Å². The number of hydrogen-bond acceptors (Lipinski definition) is 5. The van der Waals surface area contributed by atoms with Gasteiger partial charge in [0.05, 0.1) is 11.6 Å². The summed E-state index contributed by atoms with van der Waals surface area (Å²) in [5.41, 5.74) is 2.45. The fourth-order valence-corrected chi connectivity index (χ4v) is 3.39. The molecule has 3 rings (SSSR count). The van der Waals surface area contributed by atoms with Gasteiger partial charge >= 0.3 is 0 Å². The number of carbonyl (C=O) groups excluding carboxylic acids is 1. The van der Waals surface area contributed by atoms with Gasteiger partial charge in [-0.05, 0) is 33.2 Å². The summed E-state index contributed by atoms with van der Waals surface area (Å²) < 4.78 is 0. The standard InChI is InChI=1S/C16H25N5O/c1-3-18-16(22)12-6-9-21(10-12)15-13-4-7-17-8-5-14(13)19-11(2)20-15/h12,17H,3-10H2,1-2H3,(H,18,22)/t12-/m0/s1. The molecule has 0 unspecified atom stereocenters. The van der Waals surface area contributed by atoms with E-state index in [1.54, 1.807) is 0 Å². The van der Waals surface area contributed by atoms with Crippen molar-refractivity contribution in [3.05, 3.63) is 17.1 Å². The SMILES string of the molecule is CCNC(=O)[C@H]1CCN(c2nc(C)nc3c2CCNCC3)C1. The van der Waals surface area contributed by atoms with Gasteiger partial charge < -0.3 is 15.5 Å². The molecule has 0 bridgehead atoms. The molecule has 2 aliphatic heterocycles. The van der Waals surface area contributed by atoms with Crippen molar-refractivity contribution in [1.29, 1.82) is 0 Å². The van der Waals surface area contributed by atoms with Gasteiger partial charge in [-0.25, -0.2) is 9.97 Å². The van der Waals surface area contributed by atoms with Crippen molar-refractivity contribution in [2.75, 3.05) is 37.6 Å². The van der Waals surface area contributed by atoms with Crippen molar-refractivity contribution >= 4 is 11.7 Å². The minimum Gasteiger partial charge on any atom is -0.356 e. The number of rotatable bonds is 3. The van der Waals surface area contributed by atoms with Crippen LogP contribution in [0.25, 0.3) is 0 Å². The number of nitrogens with one attached hydrogen (secondary N) is 2. The number of anilines is 1. The molecule has 1 saturated heterocycles. The number of fused-ring (bicyclic) bond motifs is 1. The molecule has 1 aromatic rings. The van der Waals surface area contributed by atoms with E-state index in [9.17, 15) is 4.79 Å². The largest absolute Gasteiger partial charge is 0.356 e. The van der Waals surface area contributed by atoms with Crippen LogP contribution in [0.15, 0.2) is 0 Å². The first-order valence-electron chi connectivity index (χ1n) is 8.28. The van der Waals surface area contributed by atoms with Crippen LogP contribution >= 0.6 is 0 Å². The molecule has 22 heavy (non-hydrogen) atoms. The molecule has 6 nitrogen and oxygen atoms in total. The minimum absolute atomic E-state index is 0.0785. The highest BCUT2D eigenvalue weighted by molar-refractivity contribution is 5.80. The number of carbonyl (C=O) groups is 1. The number of nitrogens with zero attached hydrogens (tertiary/aromatic N) is 3. The van der Waals surface area contributed by atoms with Crippen molar-refractivity contribution in [1.82, 2.24) is 20.6 Å². The average Bonchev–Trinajstić information content (AvgIpc) is 2.87. The normalized spacial score (nSPS) is 21.4. The molecule has 1 atom stereocenters. The molecule has 0 aromatic carbocycles. The average molecular weight is 303 g/mol. The van der Waals surface area contributed by atoms with Crippen molar-refractivity contribution in [3.63, 3.8) is 0 Å². The van der Waals surface area contributed by atoms with Gasteiger partial charge in [-0.2, -0.15) is 0 Å². The van der Waals surface area contributed by atoms with E-state index in [4.69, 9.17) is 4.98 Å². The fraction of sp³-hybridized carbons (Fsp3) is 0.688. The Kier molecular flexibility index (Phi) is 4.57. The van der Waals surface area contributed by atoms with Crippen LogP contribution in [0, 0.1) is 12.8 Å². The zero-order valence-electron chi connectivity index (χ0n) is 13.5. The van der Waals surface area contributed by atoms with Crippen LogP contribution in [-0.4, -0.2) is 48.6 Å². The Balaban J connectivity index is 1.83. The maximum atomic E-state index is 12.1. The van der Waals surface area contributed by atoms with Crippen LogP contribution in [0.5, 0.6) is 0 Å².